The van der Waals surface area contributed by atoms with Crippen LogP contribution in [0.5, 0.6) is 11.5 Å². The summed E-state index contributed by atoms with van der Waals surface area (Å²) < 4.78 is 17.8. The molecule has 1 aromatic carbocycles. The van der Waals surface area contributed by atoms with Crippen molar-refractivity contribution in [2.45, 2.75) is 0 Å². The zero-order valence-corrected chi connectivity index (χ0v) is 14.3. The molecule has 0 radical (unpaired) electrons. The first-order valence-corrected chi connectivity index (χ1v) is 8.34. The topological polar surface area (TPSA) is 104 Å². The Balaban J connectivity index is 1.66. The summed E-state index contributed by atoms with van der Waals surface area (Å²) in [5.74, 6) is 1.83. The molecule has 4 heterocycles. The lowest BCUT2D eigenvalue weighted by Crippen LogP contribution is -1.95. The van der Waals surface area contributed by atoms with Crippen molar-refractivity contribution in [2.24, 2.45) is 4.99 Å². The van der Waals surface area contributed by atoms with Crippen molar-refractivity contribution < 1.29 is 18.8 Å². The van der Waals surface area contributed by atoms with Crippen LogP contribution in [0, 0.1) is 10.1 Å². The average Bonchev–Trinajstić information content (AvgIpc) is 3.43. The molecule has 0 fully saturated rings. The van der Waals surface area contributed by atoms with Gasteiger partial charge >= 0.3 is 0 Å². The predicted molar refractivity (Wildman–Crippen MR) is 99.4 cm³/mol. The second kappa shape index (κ2) is 6.23. The number of aromatic nitrogens is 2. The van der Waals surface area contributed by atoms with Gasteiger partial charge in [-0.15, -0.1) is 0 Å². The number of rotatable bonds is 4. The highest BCUT2D eigenvalue weighted by molar-refractivity contribution is 5.90. The van der Waals surface area contributed by atoms with E-state index in [1.54, 1.807) is 28.9 Å². The molecule has 28 heavy (non-hydrogen) atoms. The Hall–Kier alpha value is -4.14. The van der Waals surface area contributed by atoms with Crippen LogP contribution in [0.2, 0.25) is 0 Å². The van der Waals surface area contributed by atoms with E-state index in [0.29, 0.717) is 40.0 Å². The first-order chi connectivity index (χ1) is 13.7. The number of pyridine rings is 1. The molecule has 5 rings (SSSR count). The molecule has 4 aromatic rings. The van der Waals surface area contributed by atoms with Crippen LogP contribution in [0.25, 0.3) is 17.1 Å². The van der Waals surface area contributed by atoms with Gasteiger partial charge in [-0.25, -0.2) is 9.98 Å². The Morgan fingerprint density at radius 1 is 1.18 bits per heavy atom. The number of nitro benzene ring substituents is 1. The zero-order chi connectivity index (χ0) is 19.1. The van der Waals surface area contributed by atoms with Crippen molar-refractivity contribution in [2.75, 3.05) is 6.79 Å². The lowest BCUT2D eigenvalue weighted by atomic mass is 10.1. The van der Waals surface area contributed by atoms with Gasteiger partial charge in [-0.3, -0.25) is 14.5 Å². The van der Waals surface area contributed by atoms with Gasteiger partial charge in [0.1, 0.15) is 5.65 Å². The van der Waals surface area contributed by atoms with Crippen LogP contribution in [0.4, 0.5) is 11.5 Å². The summed E-state index contributed by atoms with van der Waals surface area (Å²) in [6.45, 7) is 0.0307. The Labute approximate surface area is 157 Å². The molecular formula is C19H12N4O5. The highest BCUT2D eigenvalue weighted by Crippen LogP contribution is 2.38. The molecule has 1 aliphatic heterocycles. The third-order valence-corrected chi connectivity index (χ3v) is 4.30. The maximum Gasteiger partial charge on any atom is 0.282 e. The monoisotopic (exact) mass is 376 g/mol. The SMILES string of the molecule is O=[N+]([O-])c1cc2c(cc1C=Nc1c(-c3ccco3)nc3ccccn13)OCO2. The molecule has 9 nitrogen and oxygen atoms in total. The van der Waals surface area contributed by atoms with Gasteiger partial charge < -0.3 is 13.9 Å². The average molecular weight is 376 g/mol. The summed E-state index contributed by atoms with van der Waals surface area (Å²) in [6, 6.07) is 12.0. The van der Waals surface area contributed by atoms with Gasteiger partial charge in [-0.1, -0.05) is 6.07 Å². The molecule has 0 aliphatic carbocycles. The molecule has 9 heteroatoms. The van der Waals surface area contributed by atoms with Crippen molar-refractivity contribution in [3.63, 3.8) is 0 Å². The zero-order valence-electron chi connectivity index (χ0n) is 14.3. The molecular weight excluding hydrogens is 364 g/mol. The van der Waals surface area contributed by atoms with Gasteiger partial charge in [0.25, 0.3) is 5.69 Å². The van der Waals surface area contributed by atoms with E-state index in [0.717, 1.165) is 0 Å². The van der Waals surface area contributed by atoms with Crippen LogP contribution in [-0.4, -0.2) is 27.3 Å². The summed E-state index contributed by atoms with van der Waals surface area (Å²) >= 11 is 0. The van der Waals surface area contributed by atoms with E-state index in [4.69, 9.17) is 13.9 Å². The maximum atomic E-state index is 11.5. The smallest absolute Gasteiger partial charge is 0.282 e. The Morgan fingerprint density at radius 2 is 2.04 bits per heavy atom. The summed E-state index contributed by atoms with van der Waals surface area (Å²) in [5, 5.41) is 11.5. The summed E-state index contributed by atoms with van der Waals surface area (Å²) in [5.41, 5.74) is 1.39. The molecule has 0 unspecified atom stereocenters. The molecule has 0 bridgehead atoms. The summed E-state index contributed by atoms with van der Waals surface area (Å²) in [7, 11) is 0. The number of hydrogen-bond acceptors (Lipinski definition) is 7. The van der Waals surface area contributed by atoms with Crippen molar-refractivity contribution in [1.29, 1.82) is 0 Å². The third kappa shape index (κ3) is 2.57. The van der Waals surface area contributed by atoms with Crippen LogP contribution in [0.3, 0.4) is 0 Å². The van der Waals surface area contributed by atoms with Crippen LogP contribution < -0.4 is 9.47 Å². The fraction of sp³-hybridized carbons (Fsp3) is 0.0526. The van der Waals surface area contributed by atoms with E-state index in [9.17, 15) is 10.1 Å². The van der Waals surface area contributed by atoms with Crippen molar-refractivity contribution in [3.05, 3.63) is 70.6 Å². The van der Waals surface area contributed by atoms with Crippen molar-refractivity contribution in [3.8, 4) is 23.0 Å². The van der Waals surface area contributed by atoms with Gasteiger partial charge in [0.2, 0.25) is 6.79 Å². The van der Waals surface area contributed by atoms with E-state index in [2.05, 4.69) is 9.98 Å². The number of aliphatic imine (C=N–C) groups is 1. The number of nitrogens with zero attached hydrogens (tertiary/aromatic N) is 4. The Kier molecular flexibility index (Phi) is 3.58. The number of fused-ring (bicyclic) bond motifs is 2. The molecule has 0 saturated carbocycles. The van der Waals surface area contributed by atoms with Gasteiger partial charge in [0, 0.05) is 12.4 Å². The Bertz CT molecular complexity index is 1230. The largest absolute Gasteiger partial charge is 0.463 e. The molecule has 0 saturated heterocycles. The lowest BCUT2D eigenvalue weighted by molar-refractivity contribution is -0.385. The molecule has 0 N–H and O–H groups in total. The molecule has 0 amide bonds. The van der Waals surface area contributed by atoms with Crippen molar-refractivity contribution in [1.82, 2.24) is 9.38 Å². The minimum Gasteiger partial charge on any atom is -0.463 e. The highest BCUT2D eigenvalue weighted by atomic mass is 16.7. The predicted octanol–water partition coefficient (Wildman–Crippen LogP) is 3.98. The Morgan fingerprint density at radius 3 is 2.82 bits per heavy atom. The number of imidazole rings is 1. The van der Waals surface area contributed by atoms with E-state index in [1.807, 2.05) is 24.4 Å². The first-order valence-electron chi connectivity index (χ1n) is 8.34. The summed E-state index contributed by atoms with van der Waals surface area (Å²) in [4.78, 5) is 20.0. The first kappa shape index (κ1) is 16.1. The number of hydrogen-bond donors (Lipinski definition) is 0. The van der Waals surface area contributed by atoms with Gasteiger partial charge in [0.15, 0.2) is 28.8 Å². The normalized spacial score (nSPS) is 12.9. The molecule has 1 aliphatic rings. The van der Waals surface area contributed by atoms with Gasteiger partial charge in [-0.2, -0.15) is 0 Å². The number of nitro groups is 1. The van der Waals surface area contributed by atoms with Crippen LogP contribution in [0.15, 0.2) is 64.3 Å². The number of furan rings is 1. The van der Waals surface area contributed by atoms with E-state index < -0.39 is 4.92 Å². The highest BCUT2D eigenvalue weighted by Gasteiger charge is 2.23. The second-order valence-electron chi connectivity index (χ2n) is 5.97. The van der Waals surface area contributed by atoms with E-state index >= 15 is 0 Å². The standard InChI is InChI=1S/C19H12N4O5/c24-23(25)13-9-16-15(27-11-28-16)8-12(13)10-20-19-18(14-4-3-7-26-14)21-17-5-1-2-6-22(17)19/h1-10H,11H2. The number of ether oxygens (including phenoxy) is 2. The van der Waals surface area contributed by atoms with Crippen LogP contribution in [0.1, 0.15) is 5.56 Å². The summed E-state index contributed by atoms with van der Waals surface area (Å²) in [6.07, 6.45) is 4.79. The maximum absolute atomic E-state index is 11.5. The van der Waals surface area contributed by atoms with Gasteiger partial charge in [0.05, 0.1) is 22.8 Å². The minimum atomic E-state index is -0.481. The molecule has 0 atom stereocenters. The molecule has 3 aromatic heterocycles. The fourth-order valence-electron chi connectivity index (χ4n) is 3.02. The minimum absolute atomic E-state index is 0.0307. The lowest BCUT2D eigenvalue weighted by Gasteiger charge is -2.01. The van der Waals surface area contributed by atoms with Crippen molar-refractivity contribution >= 4 is 23.4 Å². The third-order valence-electron chi connectivity index (χ3n) is 4.30. The van der Waals surface area contributed by atoms with E-state index in [-0.39, 0.29) is 12.5 Å². The molecule has 0 spiro atoms. The van der Waals surface area contributed by atoms with Gasteiger partial charge in [-0.05, 0) is 30.3 Å². The van der Waals surface area contributed by atoms with Crippen LogP contribution in [-0.2, 0) is 0 Å². The fourth-order valence-corrected chi connectivity index (χ4v) is 3.02. The van der Waals surface area contributed by atoms with E-state index in [1.165, 1.54) is 12.3 Å². The quantitative estimate of drug-likeness (QED) is 0.303. The second-order valence-corrected chi connectivity index (χ2v) is 5.97. The van der Waals surface area contributed by atoms with Crippen LogP contribution >= 0.6 is 0 Å². The molecule has 138 valence electrons. The number of benzene rings is 1.